The van der Waals surface area contributed by atoms with Gasteiger partial charge in [-0.05, 0) is 12.5 Å². The minimum absolute atomic E-state index is 0.0342. The first kappa shape index (κ1) is 15.0. The van der Waals surface area contributed by atoms with Crippen molar-refractivity contribution in [2.45, 2.75) is 55.7 Å². The number of benzene rings is 1. The Balaban J connectivity index is 1.74. The number of phenols is 1. The summed E-state index contributed by atoms with van der Waals surface area (Å²) in [6, 6.07) is 4.37. The molecule has 0 saturated carbocycles. The van der Waals surface area contributed by atoms with E-state index in [1.54, 1.807) is 0 Å². The fraction of sp³-hybridized carbons (Fsp3) is 0.500. The zero-order valence-corrected chi connectivity index (χ0v) is 13.5. The van der Waals surface area contributed by atoms with Crippen molar-refractivity contribution in [2.75, 3.05) is 0 Å². The molecule has 4 aliphatic rings. The Morgan fingerprint density at radius 1 is 1.20 bits per heavy atom. The molecule has 0 spiro atoms. The number of fused-ring (bicyclic) bond motifs is 2. The van der Waals surface area contributed by atoms with Crippen molar-refractivity contribution in [3.8, 4) is 5.75 Å². The minimum Gasteiger partial charge on any atom is -0.507 e. The largest absolute Gasteiger partial charge is 0.507 e. The van der Waals surface area contributed by atoms with Gasteiger partial charge in [-0.1, -0.05) is 25.5 Å². The minimum atomic E-state index is -1.53. The smallest absolute Gasteiger partial charge is 0.309 e. The second-order valence-electron chi connectivity index (χ2n) is 7.00. The van der Waals surface area contributed by atoms with Gasteiger partial charge in [0, 0.05) is 5.56 Å². The Morgan fingerprint density at radius 2 is 2.00 bits per heavy atom. The molecule has 0 unspecified atom stereocenters. The summed E-state index contributed by atoms with van der Waals surface area (Å²) in [5.74, 6) is -1.62. The first-order valence-electron chi connectivity index (χ1n) is 8.44. The molecule has 1 N–H and O–H groups in total. The van der Waals surface area contributed by atoms with E-state index >= 15 is 0 Å². The number of esters is 1. The maximum atomic E-state index is 13.3. The molecular formula is C18H16O7. The van der Waals surface area contributed by atoms with Crippen LogP contribution in [-0.4, -0.2) is 52.2 Å². The van der Waals surface area contributed by atoms with E-state index in [1.807, 2.05) is 6.92 Å². The van der Waals surface area contributed by atoms with Crippen molar-refractivity contribution in [1.82, 2.24) is 0 Å². The van der Waals surface area contributed by atoms with Crippen LogP contribution >= 0.6 is 0 Å². The Labute approximate surface area is 142 Å². The van der Waals surface area contributed by atoms with E-state index in [2.05, 4.69) is 0 Å². The lowest BCUT2D eigenvalue weighted by molar-refractivity contribution is -0.146. The zero-order valence-electron chi connectivity index (χ0n) is 13.5. The predicted molar refractivity (Wildman–Crippen MR) is 81.4 cm³/mol. The van der Waals surface area contributed by atoms with Gasteiger partial charge in [0.15, 0.2) is 11.7 Å². The van der Waals surface area contributed by atoms with Gasteiger partial charge in [0.2, 0.25) is 17.2 Å². The second-order valence-corrected chi connectivity index (χ2v) is 7.00. The van der Waals surface area contributed by atoms with Crippen LogP contribution in [0, 0.1) is 0 Å². The maximum absolute atomic E-state index is 13.3. The average Bonchev–Trinajstić information content (AvgIpc) is 3.18. The average molecular weight is 344 g/mol. The molecule has 0 aromatic heterocycles. The van der Waals surface area contributed by atoms with Crippen molar-refractivity contribution in [1.29, 1.82) is 0 Å². The third-order valence-corrected chi connectivity index (χ3v) is 5.73. The van der Waals surface area contributed by atoms with Crippen LogP contribution in [-0.2, 0) is 19.0 Å². The van der Waals surface area contributed by atoms with Crippen LogP contribution in [0.15, 0.2) is 18.2 Å². The topological polar surface area (TPSA) is 102 Å². The van der Waals surface area contributed by atoms with E-state index in [0.717, 1.165) is 0 Å². The molecule has 130 valence electrons. The van der Waals surface area contributed by atoms with Crippen molar-refractivity contribution in [3.05, 3.63) is 29.3 Å². The van der Waals surface area contributed by atoms with E-state index in [4.69, 9.17) is 14.2 Å². The standard InChI is InChI=1S/C18H16O7/c1-2-4-11-17-15(22)13-8(5-3-6-9(13)19)14(21)18(17,25-17)16-10(23-11)7-12(20)24-16/h3,5-6,10-11,16,19H,2,4,7H2,1H3/t10-,11-,16+,17+,18+/m1/s1. The van der Waals surface area contributed by atoms with Crippen LogP contribution in [0.2, 0.25) is 0 Å². The number of ketones is 2. The normalized spacial score (nSPS) is 40.7. The highest BCUT2D eigenvalue weighted by Gasteiger charge is 2.91. The summed E-state index contributed by atoms with van der Waals surface area (Å²) in [5, 5.41) is 10.2. The Bertz CT molecular complexity index is 846. The van der Waals surface area contributed by atoms with Gasteiger partial charge in [-0.25, -0.2) is 0 Å². The Hall–Kier alpha value is -2.25. The number of aromatic hydroxyl groups is 1. The van der Waals surface area contributed by atoms with E-state index in [0.29, 0.717) is 12.8 Å². The van der Waals surface area contributed by atoms with Crippen LogP contribution in [0.25, 0.3) is 0 Å². The molecule has 5 atom stereocenters. The fourth-order valence-corrected chi connectivity index (χ4v) is 4.70. The molecule has 3 fully saturated rings. The molecule has 1 aromatic rings. The van der Waals surface area contributed by atoms with E-state index in [9.17, 15) is 19.5 Å². The van der Waals surface area contributed by atoms with Crippen LogP contribution < -0.4 is 0 Å². The zero-order chi connectivity index (χ0) is 17.6. The summed E-state index contributed by atoms with van der Waals surface area (Å²) >= 11 is 0. The van der Waals surface area contributed by atoms with Gasteiger partial charge < -0.3 is 19.3 Å². The molecule has 3 saturated heterocycles. The van der Waals surface area contributed by atoms with Crippen molar-refractivity contribution in [3.63, 3.8) is 0 Å². The molecule has 7 nitrogen and oxygen atoms in total. The van der Waals surface area contributed by atoms with Gasteiger partial charge in [0.25, 0.3) is 0 Å². The third kappa shape index (κ3) is 1.48. The maximum Gasteiger partial charge on any atom is 0.309 e. The molecule has 5 rings (SSSR count). The highest BCUT2D eigenvalue weighted by molar-refractivity contribution is 6.27. The summed E-state index contributed by atoms with van der Waals surface area (Å²) in [5.41, 5.74) is -2.97. The SMILES string of the molecule is CCC[C@H]1O[C@@H]2CC(=O)O[C@@H]2[C@]23O[C@]12C(=O)c1c(O)cccc1C3=O. The van der Waals surface area contributed by atoms with Crippen molar-refractivity contribution >= 4 is 17.5 Å². The highest BCUT2D eigenvalue weighted by Crippen LogP contribution is 2.66. The van der Waals surface area contributed by atoms with Gasteiger partial charge in [-0.2, -0.15) is 0 Å². The molecule has 0 radical (unpaired) electrons. The highest BCUT2D eigenvalue weighted by atomic mass is 16.7. The van der Waals surface area contributed by atoms with Crippen LogP contribution in [0.3, 0.4) is 0 Å². The molecule has 0 bridgehead atoms. The summed E-state index contributed by atoms with van der Waals surface area (Å²) < 4.78 is 17.2. The summed E-state index contributed by atoms with van der Waals surface area (Å²) in [7, 11) is 0. The lowest BCUT2D eigenvalue weighted by Gasteiger charge is -2.39. The molecule has 7 heteroatoms. The fourth-order valence-electron chi connectivity index (χ4n) is 4.70. The van der Waals surface area contributed by atoms with E-state index < -0.39 is 47.0 Å². The van der Waals surface area contributed by atoms with Gasteiger partial charge in [0.05, 0.1) is 18.1 Å². The number of hydrogen-bond donors (Lipinski definition) is 1. The van der Waals surface area contributed by atoms with Crippen LogP contribution in [0.4, 0.5) is 0 Å². The van der Waals surface area contributed by atoms with E-state index in [-0.39, 0.29) is 23.3 Å². The third-order valence-electron chi connectivity index (χ3n) is 5.73. The van der Waals surface area contributed by atoms with Gasteiger partial charge in [-0.15, -0.1) is 0 Å². The molecular weight excluding hydrogens is 328 g/mol. The molecule has 1 aromatic carbocycles. The number of hydrogen-bond acceptors (Lipinski definition) is 7. The van der Waals surface area contributed by atoms with Gasteiger partial charge in [0.1, 0.15) is 11.9 Å². The molecule has 3 aliphatic heterocycles. The van der Waals surface area contributed by atoms with Crippen molar-refractivity contribution in [2.24, 2.45) is 0 Å². The molecule has 25 heavy (non-hydrogen) atoms. The number of epoxide rings is 1. The summed E-state index contributed by atoms with van der Waals surface area (Å²) in [6.07, 6.45) is -0.929. The number of Topliss-reactive ketones (excluding diaryl/α,β-unsaturated/α-hetero) is 2. The molecule has 1 aliphatic carbocycles. The summed E-state index contributed by atoms with van der Waals surface area (Å²) in [4.78, 5) is 38.3. The monoisotopic (exact) mass is 344 g/mol. The Morgan fingerprint density at radius 3 is 2.76 bits per heavy atom. The van der Waals surface area contributed by atoms with E-state index in [1.165, 1.54) is 18.2 Å². The predicted octanol–water partition coefficient (Wildman–Crippen LogP) is 1.16. The van der Waals surface area contributed by atoms with Crippen LogP contribution in [0.1, 0.15) is 46.9 Å². The van der Waals surface area contributed by atoms with Gasteiger partial charge in [-0.3, -0.25) is 14.4 Å². The van der Waals surface area contributed by atoms with Crippen LogP contribution in [0.5, 0.6) is 5.75 Å². The van der Waals surface area contributed by atoms with Crippen molar-refractivity contribution < 1.29 is 33.7 Å². The first-order valence-corrected chi connectivity index (χ1v) is 8.44. The molecule has 0 amide bonds. The summed E-state index contributed by atoms with van der Waals surface area (Å²) in [6.45, 7) is 1.94. The van der Waals surface area contributed by atoms with Gasteiger partial charge >= 0.3 is 5.97 Å². The lowest BCUT2D eigenvalue weighted by atomic mass is 9.66. The lowest BCUT2D eigenvalue weighted by Crippen LogP contribution is -2.63. The number of rotatable bonds is 2. The first-order chi connectivity index (χ1) is 12.0. The number of phenolic OH excluding ortho intramolecular Hbond substituents is 1. The second kappa shape index (κ2) is 4.47. The molecule has 3 heterocycles. The number of ether oxygens (including phenoxy) is 3. The number of carbonyl (C=O) groups is 3. The quantitative estimate of drug-likeness (QED) is 0.634. The Kier molecular flexibility index (Phi) is 2.69. The number of carbonyl (C=O) groups excluding carboxylic acids is 3.